The minimum atomic E-state index is -0.962. The molecular weight excluding hydrogens is 218 g/mol. The Balaban J connectivity index is 3.06. The molecule has 90 valence electrons. The molecule has 0 aliphatic carbocycles. The number of fused-ring (bicyclic) bond motifs is 1. The molecule has 0 saturated carbocycles. The Morgan fingerprint density at radius 1 is 1.24 bits per heavy atom. The van der Waals surface area contributed by atoms with Crippen LogP contribution in [0.2, 0.25) is 0 Å². The third-order valence-electron chi connectivity index (χ3n) is 3.52. The zero-order valence-corrected chi connectivity index (χ0v) is 10.3. The highest BCUT2D eigenvalue weighted by atomic mass is 16.4. The first-order valence-corrected chi connectivity index (χ1v) is 5.37. The maximum absolute atomic E-state index is 11.3. The summed E-state index contributed by atoms with van der Waals surface area (Å²) in [5, 5.41) is 19.6. The molecule has 17 heavy (non-hydrogen) atoms. The van der Waals surface area contributed by atoms with Crippen LogP contribution in [0.25, 0.3) is 10.9 Å². The molecular formula is C13H15NO3. The van der Waals surface area contributed by atoms with E-state index in [-0.39, 0.29) is 11.3 Å². The van der Waals surface area contributed by atoms with Gasteiger partial charge >= 0.3 is 5.97 Å². The van der Waals surface area contributed by atoms with Crippen molar-refractivity contribution in [3.05, 3.63) is 28.5 Å². The van der Waals surface area contributed by atoms with E-state index in [1.165, 1.54) is 6.07 Å². The molecule has 0 unspecified atom stereocenters. The van der Waals surface area contributed by atoms with Crippen LogP contribution in [0.5, 0.6) is 5.75 Å². The molecule has 2 N–H and O–H groups in total. The van der Waals surface area contributed by atoms with Crippen LogP contribution < -0.4 is 0 Å². The fourth-order valence-electron chi connectivity index (χ4n) is 2.31. The quantitative estimate of drug-likeness (QED) is 0.795. The molecule has 0 bridgehead atoms. The second-order valence-electron chi connectivity index (χ2n) is 4.37. The average molecular weight is 233 g/mol. The number of carboxylic acid groups (broad SMARTS) is 1. The molecule has 0 aliphatic rings. The molecule has 0 spiro atoms. The number of carbonyl (C=O) groups is 1. The summed E-state index contributed by atoms with van der Waals surface area (Å²) in [5.74, 6) is -0.821. The van der Waals surface area contributed by atoms with Crippen LogP contribution in [-0.4, -0.2) is 20.7 Å². The van der Waals surface area contributed by atoms with Crippen LogP contribution in [0.15, 0.2) is 6.07 Å². The Labute approximate surface area is 99.1 Å². The Kier molecular flexibility index (Phi) is 2.38. The predicted octanol–water partition coefficient (Wildman–Crippen LogP) is 2.51. The molecule has 1 aromatic heterocycles. The highest BCUT2D eigenvalue weighted by Crippen LogP contribution is 2.34. The first kappa shape index (κ1) is 11.5. The fourth-order valence-corrected chi connectivity index (χ4v) is 2.31. The number of aromatic nitrogens is 1. The third-order valence-corrected chi connectivity index (χ3v) is 3.52. The van der Waals surface area contributed by atoms with E-state index in [0.717, 1.165) is 16.6 Å². The van der Waals surface area contributed by atoms with Crippen molar-refractivity contribution in [3.63, 3.8) is 0 Å². The average Bonchev–Trinajstić information content (AvgIpc) is 2.48. The first-order chi connectivity index (χ1) is 7.86. The van der Waals surface area contributed by atoms with Gasteiger partial charge in [-0.1, -0.05) is 0 Å². The van der Waals surface area contributed by atoms with Crippen molar-refractivity contribution >= 4 is 16.9 Å². The summed E-state index contributed by atoms with van der Waals surface area (Å²) in [6.07, 6.45) is 0. The van der Waals surface area contributed by atoms with Crippen LogP contribution in [-0.2, 0) is 7.05 Å². The largest absolute Gasteiger partial charge is 0.508 e. The number of phenolic OH excluding ortho intramolecular Hbond substituents is 1. The smallest absolute Gasteiger partial charge is 0.338 e. The van der Waals surface area contributed by atoms with Gasteiger partial charge in [0.1, 0.15) is 5.75 Å². The van der Waals surface area contributed by atoms with E-state index in [1.54, 1.807) is 6.92 Å². The predicted molar refractivity (Wildman–Crippen MR) is 65.8 cm³/mol. The zero-order chi connectivity index (χ0) is 12.9. The van der Waals surface area contributed by atoms with Crippen LogP contribution in [0.3, 0.4) is 0 Å². The third kappa shape index (κ3) is 1.40. The number of rotatable bonds is 1. The lowest BCUT2D eigenvalue weighted by molar-refractivity contribution is 0.0698. The summed E-state index contributed by atoms with van der Waals surface area (Å²) in [4.78, 5) is 11.3. The minimum Gasteiger partial charge on any atom is -0.508 e. The maximum atomic E-state index is 11.3. The lowest BCUT2D eigenvalue weighted by Crippen LogP contribution is -1.99. The zero-order valence-electron chi connectivity index (χ0n) is 10.3. The summed E-state index contributed by atoms with van der Waals surface area (Å²) in [5.41, 5.74) is 3.53. The highest BCUT2D eigenvalue weighted by Gasteiger charge is 2.20. The number of benzene rings is 1. The molecule has 0 aliphatic heterocycles. The molecule has 0 radical (unpaired) electrons. The molecule has 4 nitrogen and oxygen atoms in total. The van der Waals surface area contributed by atoms with Gasteiger partial charge in [-0.05, 0) is 38.0 Å². The number of aromatic carboxylic acids is 1. The first-order valence-electron chi connectivity index (χ1n) is 5.37. The summed E-state index contributed by atoms with van der Waals surface area (Å²) in [6.45, 7) is 5.49. The molecule has 0 fully saturated rings. The number of hydrogen-bond donors (Lipinski definition) is 2. The van der Waals surface area contributed by atoms with Crippen molar-refractivity contribution in [2.45, 2.75) is 20.8 Å². The summed E-state index contributed by atoms with van der Waals surface area (Å²) in [7, 11) is 1.84. The number of hydrogen-bond acceptors (Lipinski definition) is 2. The number of aryl methyl sites for hydroxylation is 2. The SMILES string of the molecule is Cc1c(O)cc2c(C(=O)O)c(C)n(C)c2c1C. The van der Waals surface area contributed by atoms with E-state index in [0.29, 0.717) is 11.1 Å². The van der Waals surface area contributed by atoms with Gasteiger partial charge in [-0.15, -0.1) is 0 Å². The van der Waals surface area contributed by atoms with Crippen LogP contribution in [0.1, 0.15) is 27.2 Å². The Bertz CT molecular complexity index is 638. The topological polar surface area (TPSA) is 62.5 Å². The number of carboxylic acids is 1. The van der Waals surface area contributed by atoms with E-state index >= 15 is 0 Å². The van der Waals surface area contributed by atoms with E-state index in [1.807, 2.05) is 25.5 Å². The van der Waals surface area contributed by atoms with Crippen molar-refractivity contribution in [2.24, 2.45) is 7.05 Å². The second kappa shape index (κ2) is 3.52. The monoisotopic (exact) mass is 233 g/mol. The molecule has 4 heteroatoms. The van der Waals surface area contributed by atoms with Crippen molar-refractivity contribution in [2.75, 3.05) is 0 Å². The lowest BCUT2D eigenvalue weighted by Gasteiger charge is -2.07. The minimum absolute atomic E-state index is 0.142. The standard InChI is InChI=1S/C13H15NO3/c1-6-7(2)12-9(5-10(6)15)11(13(16)17)8(3)14(12)4/h5,15H,1-4H3,(H,16,17). The van der Waals surface area contributed by atoms with Crippen molar-refractivity contribution in [1.29, 1.82) is 0 Å². The molecule has 1 heterocycles. The van der Waals surface area contributed by atoms with Gasteiger partial charge in [0.2, 0.25) is 0 Å². The Hall–Kier alpha value is -1.97. The maximum Gasteiger partial charge on any atom is 0.338 e. The van der Waals surface area contributed by atoms with Gasteiger partial charge < -0.3 is 14.8 Å². The second-order valence-corrected chi connectivity index (χ2v) is 4.37. The molecule has 0 amide bonds. The molecule has 0 saturated heterocycles. The van der Waals surface area contributed by atoms with Crippen LogP contribution in [0, 0.1) is 20.8 Å². The molecule has 1 aromatic carbocycles. The normalized spacial score (nSPS) is 11.1. The van der Waals surface area contributed by atoms with Gasteiger partial charge in [0, 0.05) is 18.1 Å². The van der Waals surface area contributed by atoms with Gasteiger partial charge in [0.15, 0.2) is 0 Å². The van der Waals surface area contributed by atoms with Crippen LogP contribution >= 0.6 is 0 Å². The highest BCUT2D eigenvalue weighted by molar-refractivity contribution is 6.06. The van der Waals surface area contributed by atoms with E-state index in [9.17, 15) is 15.0 Å². The number of nitrogens with zero attached hydrogens (tertiary/aromatic N) is 1. The molecule has 0 atom stereocenters. The Morgan fingerprint density at radius 2 is 1.82 bits per heavy atom. The van der Waals surface area contributed by atoms with Crippen LogP contribution in [0.4, 0.5) is 0 Å². The molecule has 2 aromatic rings. The van der Waals surface area contributed by atoms with E-state index in [4.69, 9.17) is 0 Å². The number of aromatic hydroxyl groups is 1. The van der Waals surface area contributed by atoms with E-state index in [2.05, 4.69) is 0 Å². The lowest BCUT2D eigenvalue weighted by atomic mass is 10.0. The van der Waals surface area contributed by atoms with Crippen molar-refractivity contribution in [1.82, 2.24) is 4.57 Å². The molecule has 2 rings (SSSR count). The van der Waals surface area contributed by atoms with Crippen molar-refractivity contribution in [3.8, 4) is 5.75 Å². The van der Waals surface area contributed by atoms with E-state index < -0.39 is 5.97 Å². The Morgan fingerprint density at radius 3 is 2.35 bits per heavy atom. The summed E-state index contributed by atoms with van der Waals surface area (Å²) < 4.78 is 1.86. The van der Waals surface area contributed by atoms with Gasteiger partial charge in [0.25, 0.3) is 0 Å². The number of phenols is 1. The fraction of sp³-hybridized carbons (Fsp3) is 0.308. The van der Waals surface area contributed by atoms with Gasteiger partial charge in [0.05, 0.1) is 11.1 Å². The van der Waals surface area contributed by atoms with Gasteiger partial charge in [-0.25, -0.2) is 4.79 Å². The van der Waals surface area contributed by atoms with Gasteiger partial charge in [-0.2, -0.15) is 0 Å². The van der Waals surface area contributed by atoms with Crippen molar-refractivity contribution < 1.29 is 15.0 Å². The summed E-state index contributed by atoms with van der Waals surface area (Å²) >= 11 is 0. The summed E-state index contributed by atoms with van der Waals surface area (Å²) in [6, 6.07) is 1.54. The van der Waals surface area contributed by atoms with Gasteiger partial charge in [-0.3, -0.25) is 0 Å².